The Balaban J connectivity index is 1.60. The quantitative estimate of drug-likeness (QED) is 0.121. The average Bonchev–Trinajstić information content (AvgIpc) is 3.25. The van der Waals surface area contributed by atoms with Crippen LogP contribution in [0.4, 0.5) is 10.5 Å². The van der Waals surface area contributed by atoms with Crippen molar-refractivity contribution in [2.45, 2.75) is 77.2 Å². The molecule has 0 aromatic heterocycles. The highest BCUT2D eigenvalue weighted by atomic mass is 32.2. The summed E-state index contributed by atoms with van der Waals surface area (Å²) in [4.78, 5) is 51.6. The van der Waals surface area contributed by atoms with Gasteiger partial charge < -0.3 is 25.2 Å². The second-order valence-electron chi connectivity index (χ2n) is 11.4. The minimum Gasteiger partial charge on any atom is -0.493 e. The third-order valence-electron chi connectivity index (χ3n) is 7.72. The molecule has 1 unspecified atom stereocenters. The van der Waals surface area contributed by atoms with Crippen molar-refractivity contribution in [2.24, 2.45) is 0 Å². The molecule has 252 valence electrons. The van der Waals surface area contributed by atoms with E-state index >= 15 is 0 Å². The normalized spacial score (nSPS) is 13.3. The molecule has 0 radical (unpaired) electrons. The van der Waals surface area contributed by atoms with Crippen molar-refractivity contribution >= 4 is 39.3 Å². The number of hydrogen-bond acceptors (Lipinski definition) is 8. The third-order valence-corrected chi connectivity index (χ3v) is 8.64. The average molecular weight is 660 g/mol. The second kappa shape index (κ2) is 17.5. The number of carbonyl (C=O) groups excluding carboxylic acids is 3. The molecule has 3 rings (SSSR count). The van der Waals surface area contributed by atoms with E-state index in [9.17, 15) is 27.6 Å². The monoisotopic (exact) mass is 659 g/mol. The highest BCUT2D eigenvalue weighted by molar-refractivity contribution is 7.90. The van der Waals surface area contributed by atoms with Gasteiger partial charge in [-0.15, -0.1) is 0 Å². The Morgan fingerprint density at radius 3 is 2.17 bits per heavy atom. The van der Waals surface area contributed by atoms with Gasteiger partial charge in [0.1, 0.15) is 9.84 Å². The summed E-state index contributed by atoms with van der Waals surface area (Å²) in [7, 11) is -2.17. The van der Waals surface area contributed by atoms with Gasteiger partial charge in [0.15, 0.2) is 11.5 Å². The molecule has 0 bridgehead atoms. The molecule has 0 spiro atoms. The van der Waals surface area contributed by atoms with Crippen LogP contribution >= 0.6 is 0 Å². The highest BCUT2D eigenvalue weighted by Crippen LogP contribution is 2.38. The number of fused-ring (bicyclic) bond motifs is 1. The number of carbonyl (C=O) groups is 4. The number of nitrogens with one attached hydrogen (secondary N) is 2. The first-order chi connectivity index (χ1) is 22.0. The summed E-state index contributed by atoms with van der Waals surface area (Å²) in [6.07, 6.45) is 8.99. The molecule has 4 amide bonds. The number of hydrogen-bond donors (Lipinski definition) is 3. The molecule has 1 heterocycles. The van der Waals surface area contributed by atoms with Gasteiger partial charge in [0.2, 0.25) is 5.91 Å². The summed E-state index contributed by atoms with van der Waals surface area (Å²) in [5, 5.41) is 13.7. The Kier molecular flexibility index (Phi) is 13.9. The number of benzene rings is 2. The number of methoxy groups -OCH3 is 1. The molecule has 13 heteroatoms. The second-order valence-corrected chi connectivity index (χ2v) is 13.6. The fourth-order valence-corrected chi connectivity index (χ4v) is 6.44. The van der Waals surface area contributed by atoms with Crippen LogP contribution in [0.5, 0.6) is 11.5 Å². The van der Waals surface area contributed by atoms with Crippen LogP contribution in [0.25, 0.3) is 0 Å². The summed E-state index contributed by atoms with van der Waals surface area (Å²) in [6.45, 7) is 2.59. The molecule has 46 heavy (non-hydrogen) atoms. The number of sulfone groups is 1. The van der Waals surface area contributed by atoms with Crippen molar-refractivity contribution < 1.29 is 42.2 Å². The van der Waals surface area contributed by atoms with Crippen LogP contribution in [0.15, 0.2) is 36.4 Å². The zero-order chi connectivity index (χ0) is 33.7. The molecule has 0 fully saturated rings. The number of rotatable bonds is 20. The van der Waals surface area contributed by atoms with Crippen molar-refractivity contribution in [3.63, 3.8) is 0 Å². The Morgan fingerprint density at radius 1 is 0.913 bits per heavy atom. The summed E-state index contributed by atoms with van der Waals surface area (Å²) in [5.74, 6) is -1.32. The topological polar surface area (TPSA) is 168 Å². The molecular formula is C33H45N3O9S. The van der Waals surface area contributed by atoms with Gasteiger partial charge >= 0.3 is 6.09 Å². The maximum absolute atomic E-state index is 13.8. The molecule has 12 nitrogen and oxygen atoms in total. The predicted octanol–water partition coefficient (Wildman–Crippen LogP) is 5.58. The fraction of sp³-hybridized carbons (Fsp3) is 0.515. The van der Waals surface area contributed by atoms with Crippen LogP contribution in [0.1, 0.15) is 103 Å². The number of amides is 4. The van der Waals surface area contributed by atoms with Crippen LogP contribution in [0.3, 0.4) is 0 Å². The van der Waals surface area contributed by atoms with Crippen LogP contribution < -0.4 is 20.1 Å². The van der Waals surface area contributed by atoms with E-state index in [1.54, 1.807) is 37.3 Å². The molecule has 1 aliphatic rings. The van der Waals surface area contributed by atoms with E-state index in [1.165, 1.54) is 13.2 Å². The number of ether oxygens (including phenoxy) is 2. The van der Waals surface area contributed by atoms with E-state index in [0.717, 1.165) is 62.5 Å². The summed E-state index contributed by atoms with van der Waals surface area (Å²) in [5.41, 5.74) is 0.738. The summed E-state index contributed by atoms with van der Waals surface area (Å²) in [6, 6.07) is 8.29. The zero-order valence-corrected chi connectivity index (χ0v) is 27.6. The molecule has 1 aliphatic heterocycles. The number of imide groups is 1. The molecule has 0 aliphatic carbocycles. The minimum atomic E-state index is -3.65. The number of anilines is 1. The third kappa shape index (κ3) is 10.5. The van der Waals surface area contributed by atoms with E-state index in [0.29, 0.717) is 36.6 Å². The Hall–Kier alpha value is -4.13. The Bertz CT molecular complexity index is 1490. The zero-order valence-electron chi connectivity index (χ0n) is 26.8. The lowest BCUT2D eigenvalue weighted by atomic mass is 10.1. The SMILES string of the molecule is CCOc1cc(C(CS(C)(=O)=O)N2C(=O)c3cccc(NC(=O)CCCCCCCCCCCNC(=O)O)c3C2=O)ccc1OC. The maximum Gasteiger partial charge on any atom is 0.404 e. The smallest absolute Gasteiger partial charge is 0.404 e. The molecule has 0 saturated heterocycles. The van der Waals surface area contributed by atoms with Crippen molar-refractivity contribution in [2.75, 3.05) is 37.6 Å². The van der Waals surface area contributed by atoms with Gasteiger partial charge in [-0.1, -0.05) is 57.1 Å². The van der Waals surface area contributed by atoms with Gasteiger partial charge in [-0.2, -0.15) is 0 Å². The van der Waals surface area contributed by atoms with Crippen LogP contribution in [0.2, 0.25) is 0 Å². The van der Waals surface area contributed by atoms with E-state index in [4.69, 9.17) is 14.6 Å². The molecule has 3 N–H and O–H groups in total. The number of unbranched alkanes of at least 4 members (excludes halogenated alkanes) is 8. The van der Waals surface area contributed by atoms with Gasteiger partial charge in [0.25, 0.3) is 11.8 Å². The first kappa shape index (κ1) is 36.3. The van der Waals surface area contributed by atoms with Gasteiger partial charge in [0.05, 0.1) is 42.3 Å². The lowest BCUT2D eigenvalue weighted by molar-refractivity contribution is -0.116. The van der Waals surface area contributed by atoms with E-state index in [1.807, 2.05) is 0 Å². The maximum atomic E-state index is 13.8. The Morgan fingerprint density at radius 2 is 1.57 bits per heavy atom. The predicted molar refractivity (Wildman–Crippen MR) is 174 cm³/mol. The molecule has 2 aromatic rings. The van der Waals surface area contributed by atoms with Crippen molar-refractivity contribution in [3.8, 4) is 11.5 Å². The Labute approximate surface area is 270 Å². The minimum absolute atomic E-state index is 0.0386. The molecule has 1 atom stereocenters. The molecule has 0 saturated carbocycles. The van der Waals surface area contributed by atoms with E-state index in [-0.39, 0.29) is 29.1 Å². The summed E-state index contributed by atoms with van der Waals surface area (Å²) >= 11 is 0. The number of nitrogens with zero attached hydrogens (tertiary/aromatic N) is 1. The van der Waals surface area contributed by atoms with Crippen LogP contribution in [0, 0.1) is 0 Å². The first-order valence-electron chi connectivity index (χ1n) is 15.7. The summed E-state index contributed by atoms with van der Waals surface area (Å²) < 4.78 is 36.0. The lowest BCUT2D eigenvalue weighted by Gasteiger charge is -2.27. The standard InChI is InChI=1S/C33H45N3O9S/c1-4-45-28-21-23(18-19-27(28)44-2)26(22-46(3,42)43)36-31(38)24-15-14-16-25(30(24)32(36)39)35-29(37)17-12-10-8-6-5-7-9-11-13-20-34-33(40)41/h14-16,18-19,21,26,34H,4-13,17,20,22H2,1-3H3,(H,35,37)(H,40,41). The van der Waals surface area contributed by atoms with Crippen molar-refractivity contribution in [1.82, 2.24) is 10.2 Å². The highest BCUT2D eigenvalue weighted by Gasteiger charge is 2.43. The van der Waals surface area contributed by atoms with Crippen LogP contribution in [-0.4, -0.2) is 74.5 Å². The lowest BCUT2D eigenvalue weighted by Crippen LogP contribution is -2.37. The first-order valence-corrected chi connectivity index (χ1v) is 17.8. The van der Waals surface area contributed by atoms with Gasteiger partial charge in [-0.05, 0) is 49.6 Å². The van der Waals surface area contributed by atoms with Crippen molar-refractivity contribution in [1.29, 1.82) is 0 Å². The number of carboxylic acid groups (broad SMARTS) is 1. The molecular weight excluding hydrogens is 614 g/mol. The van der Waals surface area contributed by atoms with Gasteiger partial charge in [0, 0.05) is 19.2 Å². The van der Waals surface area contributed by atoms with E-state index in [2.05, 4.69) is 10.6 Å². The van der Waals surface area contributed by atoms with Crippen LogP contribution in [-0.2, 0) is 14.6 Å². The van der Waals surface area contributed by atoms with Gasteiger partial charge in [-0.3, -0.25) is 19.3 Å². The van der Waals surface area contributed by atoms with E-state index < -0.39 is 39.5 Å². The fourth-order valence-electron chi connectivity index (χ4n) is 5.52. The van der Waals surface area contributed by atoms with Crippen molar-refractivity contribution in [3.05, 3.63) is 53.1 Å². The molecule has 2 aromatic carbocycles. The van der Waals surface area contributed by atoms with Gasteiger partial charge in [-0.25, -0.2) is 13.2 Å². The largest absolute Gasteiger partial charge is 0.493 e.